The van der Waals surface area contributed by atoms with Gasteiger partial charge in [0.2, 0.25) is 10.0 Å². The molecular formula is C18H23N3O4S2. The monoisotopic (exact) mass is 409 g/mol. The zero-order valence-electron chi connectivity index (χ0n) is 15.4. The Morgan fingerprint density at radius 2 is 1.81 bits per heavy atom. The Kier molecular flexibility index (Phi) is 5.55. The first kappa shape index (κ1) is 19.8. The molecule has 1 aliphatic heterocycles. The maximum Gasteiger partial charge on any atom is 0.265 e. The second-order valence-electron chi connectivity index (χ2n) is 6.25. The summed E-state index contributed by atoms with van der Waals surface area (Å²) in [6.45, 7) is 4.71. The van der Waals surface area contributed by atoms with E-state index in [1.165, 1.54) is 33.1 Å². The molecule has 0 saturated carbocycles. The first-order valence-electron chi connectivity index (χ1n) is 8.88. The first-order chi connectivity index (χ1) is 12.8. The largest absolute Gasteiger partial charge is 0.266 e. The van der Waals surface area contributed by atoms with E-state index >= 15 is 0 Å². The van der Waals surface area contributed by atoms with Crippen molar-refractivity contribution in [3.8, 4) is 0 Å². The van der Waals surface area contributed by atoms with Gasteiger partial charge >= 0.3 is 0 Å². The molecule has 0 radical (unpaired) electrons. The predicted molar refractivity (Wildman–Crippen MR) is 104 cm³/mol. The molecule has 27 heavy (non-hydrogen) atoms. The van der Waals surface area contributed by atoms with Crippen LogP contribution in [0.1, 0.15) is 25.8 Å². The third kappa shape index (κ3) is 3.59. The number of pyridine rings is 1. The minimum atomic E-state index is -3.74. The fourth-order valence-electron chi connectivity index (χ4n) is 3.29. The molecule has 0 unspecified atom stereocenters. The van der Waals surface area contributed by atoms with Gasteiger partial charge in [0.1, 0.15) is 4.90 Å². The zero-order valence-corrected chi connectivity index (χ0v) is 17.0. The van der Waals surface area contributed by atoms with Crippen LogP contribution in [-0.2, 0) is 26.5 Å². The maximum atomic E-state index is 13.0. The van der Waals surface area contributed by atoms with E-state index in [4.69, 9.17) is 0 Å². The SMILES string of the molecule is CCN(CC)S(=O)(=O)c1ccc2c(c1)CCCN2S(=O)(=O)c1cccnc1. The van der Waals surface area contributed by atoms with Gasteiger partial charge < -0.3 is 0 Å². The normalized spacial score (nSPS) is 15.0. The average molecular weight is 410 g/mol. The van der Waals surface area contributed by atoms with E-state index in [9.17, 15) is 16.8 Å². The van der Waals surface area contributed by atoms with E-state index in [1.54, 1.807) is 32.0 Å². The fraction of sp³-hybridized carbons (Fsp3) is 0.389. The van der Waals surface area contributed by atoms with Gasteiger partial charge in [0.15, 0.2) is 0 Å². The highest BCUT2D eigenvalue weighted by molar-refractivity contribution is 7.92. The van der Waals surface area contributed by atoms with Crippen LogP contribution in [0.3, 0.4) is 0 Å². The van der Waals surface area contributed by atoms with Crippen molar-refractivity contribution in [2.45, 2.75) is 36.5 Å². The third-order valence-electron chi connectivity index (χ3n) is 4.69. The highest BCUT2D eigenvalue weighted by atomic mass is 32.2. The van der Waals surface area contributed by atoms with Gasteiger partial charge in [0.25, 0.3) is 10.0 Å². The van der Waals surface area contributed by atoms with Crippen LogP contribution in [-0.4, -0.2) is 45.8 Å². The van der Waals surface area contributed by atoms with Crippen molar-refractivity contribution in [2.75, 3.05) is 23.9 Å². The van der Waals surface area contributed by atoms with Gasteiger partial charge in [-0.15, -0.1) is 0 Å². The molecule has 0 N–H and O–H groups in total. The molecule has 3 rings (SSSR count). The van der Waals surface area contributed by atoms with Crippen molar-refractivity contribution in [3.63, 3.8) is 0 Å². The Morgan fingerprint density at radius 3 is 2.44 bits per heavy atom. The minimum Gasteiger partial charge on any atom is -0.266 e. The molecule has 0 saturated heterocycles. The third-order valence-corrected chi connectivity index (χ3v) is 8.54. The topological polar surface area (TPSA) is 87.7 Å². The summed E-state index contributed by atoms with van der Waals surface area (Å²) in [6.07, 6.45) is 4.10. The highest BCUT2D eigenvalue weighted by Gasteiger charge is 2.31. The number of rotatable bonds is 6. The minimum absolute atomic E-state index is 0.123. The van der Waals surface area contributed by atoms with Crippen LogP contribution in [0, 0.1) is 0 Å². The Bertz CT molecular complexity index is 1020. The number of anilines is 1. The van der Waals surface area contributed by atoms with Crippen LogP contribution in [0.25, 0.3) is 0 Å². The fourth-order valence-corrected chi connectivity index (χ4v) is 6.30. The van der Waals surface area contributed by atoms with E-state index in [0.29, 0.717) is 38.2 Å². The molecule has 0 amide bonds. The van der Waals surface area contributed by atoms with E-state index < -0.39 is 20.0 Å². The molecule has 9 heteroatoms. The molecule has 0 spiro atoms. The summed E-state index contributed by atoms with van der Waals surface area (Å²) < 4.78 is 54.3. The van der Waals surface area contributed by atoms with Gasteiger partial charge in [0, 0.05) is 32.0 Å². The lowest BCUT2D eigenvalue weighted by Gasteiger charge is -2.31. The Balaban J connectivity index is 2.04. The number of fused-ring (bicyclic) bond motifs is 1. The molecule has 2 aromatic rings. The number of benzene rings is 1. The number of hydrogen-bond donors (Lipinski definition) is 0. The molecular weight excluding hydrogens is 386 g/mol. The summed E-state index contributed by atoms with van der Waals surface area (Å²) in [4.78, 5) is 4.22. The van der Waals surface area contributed by atoms with Crippen LogP contribution >= 0.6 is 0 Å². The average Bonchev–Trinajstić information content (AvgIpc) is 2.68. The van der Waals surface area contributed by atoms with Crippen LogP contribution in [0.4, 0.5) is 5.69 Å². The Morgan fingerprint density at radius 1 is 1.07 bits per heavy atom. The number of hydrogen-bond acceptors (Lipinski definition) is 5. The number of aromatic nitrogens is 1. The maximum absolute atomic E-state index is 13.0. The van der Waals surface area contributed by atoms with Crippen molar-refractivity contribution in [3.05, 3.63) is 48.3 Å². The van der Waals surface area contributed by atoms with E-state index in [0.717, 1.165) is 5.56 Å². The van der Waals surface area contributed by atoms with Crippen molar-refractivity contribution >= 4 is 25.7 Å². The molecule has 1 aromatic heterocycles. The van der Waals surface area contributed by atoms with Crippen LogP contribution < -0.4 is 4.31 Å². The second kappa shape index (κ2) is 7.57. The molecule has 1 aliphatic rings. The number of aryl methyl sites for hydroxylation is 1. The summed E-state index contributed by atoms with van der Waals surface area (Å²) in [7, 11) is -7.32. The van der Waals surface area contributed by atoms with Crippen LogP contribution in [0.5, 0.6) is 0 Å². The summed E-state index contributed by atoms with van der Waals surface area (Å²) in [5.74, 6) is 0. The van der Waals surface area contributed by atoms with Gasteiger partial charge in [-0.25, -0.2) is 16.8 Å². The quantitative estimate of drug-likeness (QED) is 0.730. The predicted octanol–water partition coefficient (Wildman–Crippen LogP) is 2.25. The lowest BCUT2D eigenvalue weighted by Crippen LogP contribution is -2.36. The van der Waals surface area contributed by atoms with E-state index in [1.807, 2.05) is 0 Å². The van der Waals surface area contributed by atoms with Crippen molar-refractivity contribution < 1.29 is 16.8 Å². The Hall–Kier alpha value is -1.97. The summed E-state index contributed by atoms with van der Waals surface area (Å²) in [6, 6.07) is 7.78. The molecule has 1 aromatic carbocycles. The van der Waals surface area contributed by atoms with Gasteiger partial charge in [-0.3, -0.25) is 9.29 Å². The van der Waals surface area contributed by atoms with Crippen molar-refractivity contribution in [2.24, 2.45) is 0 Å². The van der Waals surface area contributed by atoms with Gasteiger partial charge in [-0.1, -0.05) is 13.8 Å². The summed E-state index contributed by atoms with van der Waals surface area (Å²) in [5, 5.41) is 0. The van der Waals surface area contributed by atoms with E-state index in [-0.39, 0.29) is 9.79 Å². The molecule has 0 bridgehead atoms. The lowest BCUT2D eigenvalue weighted by atomic mass is 10.0. The summed E-state index contributed by atoms with van der Waals surface area (Å²) in [5.41, 5.74) is 1.26. The molecule has 0 atom stereocenters. The van der Waals surface area contributed by atoms with Gasteiger partial charge in [0.05, 0.1) is 10.6 Å². The summed E-state index contributed by atoms with van der Waals surface area (Å²) >= 11 is 0. The lowest BCUT2D eigenvalue weighted by molar-refractivity contribution is 0.445. The van der Waals surface area contributed by atoms with Crippen LogP contribution in [0.15, 0.2) is 52.5 Å². The van der Waals surface area contributed by atoms with Gasteiger partial charge in [-0.2, -0.15) is 4.31 Å². The standard InChI is InChI=1S/C18H23N3O4S2/c1-3-20(4-2)26(22,23)16-9-10-18-15(13-16)7-6-12-21(18)27(24,25)17-8-5-11-19-14-17/h5,8-11,13-14H,3-4,6-7,12H2,1-2H3. The zero-order chi connectivity index (χ0) is 19.7. The molecule has 0 aliphatic carbocycles. The van der Waals surface area contributed by atoms with E-state index in [2.05, 4.69) is 4.98 Å². The molecule has 146 valence electrons. The second-order valence-corrected chi connectivity index (χ2v) is 10.0. The van der Waals surface area contributed by atoms with Gasteiger partial charge in [-0.05, 0) is 48.7 Å². The number of sulfonamides is 2. The van der Waals surface area contributed by atoms with Crippen molar-refractivity contribution in [1.29, 1.82) is 0 Å². The highest BCUT2D eigenvalue weighted by Crippen LogP contribution is 2.34. The smallest absolute Gasteiger partial charge is 0.265 e. The first-order valence-corrected chi connectivity index (χ1v) is 11.8. The Labute approximate surface area is 160 Å². The number of nitrogens with zero attached hydrogens (tertiary/aromatic N) is 3. The molecule has 7 nitrogen and oxygen atoms in total. The van der Waals surface area contributed by atoms with Crippen LogP contribution in [0.2, 0.25) is 0 Å². The van der Waals surface area contributed by atoms with Crippen molar-refractivity contribution in [1.82, 2.24) is 9.29 Å². The molecule has 0 fully saturated rings. The molecule has 2 heterocycles.